The molecule has 0 atom stereocenters. The molecule has 0 amide bonds. The van der Waals surface area contributed by atoms with Gasteiger partial charge >= 0.3 is 0 Å². The quantitative estimate of drug-likeness (QED) is 0.588. The van der Waals surface area contributed by atoms with Gasteiger partial charge in [-0.3, -0.25) is 0 Å². The van der Waals surface area contributed by atoms with Crippen molar-refractivity contribution in [2.24, 2.45) is 0 Å². The summed E-state index contributed by atoms with van der Waals surface area (Å²) in [7, 11) is -0.960. The van der Waals surface area contributed by atoms with Gasteiger partial charge in [-0.15, -0.1) is 0 Å². The molecule has 3 nitrogen and oxygen atoms in total. The van der Waals surface area contributed by atoms with E-state index in [1.54, 1.807) is 0 Å². The molecule has 5 heteroatoms. The highest BCUT2D eigenvalue weighted by atomic mass is 28.4. The number of piperazine rings is 1. The fraction of sp³-hybridized carbons (Fsp3) is 1.00. The summed E-state index contributed by atoms with van der Waals surface area (Å²) >= 11 is 0. The minimum absolute atomic E-state index is 0.828. The van der Waals surface area contributed by atoms with E-state index in [0.29, 0.717) is 0 Å². The van der Waals surface area contributed by atoms with Gasteiger partial charge in [0, 0.05) is 33.3 Å². The summed E-state index contributed by atoms with van der Waals surface area (Å²) in [6.07, 6.45) is 0. The van der Waals surface area contributed by atoms with E-state index in [0.717, 1.165) is 16.6 Å². The molecule has 0 aromatic heterocycles. The van der Waals surface area contributed by atoms with Crippen molar-refractivity contribution in [3.05, 3.63) is 0 Å². The van der Waals surface area contributed by atoms with Gasteiger partial charge in [0.05, 0.1) is 0 Å². The zero-order valence-electron chi connectivity index (χ0n) is 17.3. The molecule has 0 bridgehead atoms. The average molecular weight is 359 g/mol. The van der Waals surface area contributed by atoms with Crippen LogP contribution in [0.5, 0.6) is 0 Å². The minimum atomic E-state index is -1.43. The van der Waals surface area contributed by atoms with E-state index >= 15 is 0 Å². The van der Waals surface area contributed by atoms with E-state index < -0.39 is 16.6 Å². The fourth-order valence-corrected chi connectivity index (χ4v) is 13.2. The molecule has 1 saturated heterocycles. The van der Waals surface area contributed by atoms with E-state index in [9.17, 15) is 0 Å². The van der Waals surface area contributed by atoms with Crippen molar-refractivity contribution >= 4 is 16.6 Å². The average Bonchev–Trinajstić information content (AvgIpc) is 2.46. The van der Waals surface area contributed by atoms with Crippen molar-refractivity contribution in [3.63, 3.8) is 0 Å². The third-order valence-electron chi connectivity index (χ3n) is 6.28. The van der Waals surface area contributed by atoms with Gasteiger partial charge in [0.2, 0.25) is 0 Å². The van der Waals surface area contributed by atoms with Crippen LogP contribution in [-0.2, 0) is 4.43 Å². The molecule has 23 heavy (non-hydrogen) atoms. The highest BCUT2D eigenvalue weighted by Crippen LogP contribution is 2.44. The first kappa shape index (κ1) is 21.4. The molecule has 138 valence electrons. The zero-order chi connectivity index (χ0) is 17.8. The van der Waals surface area contributed by atoms with Gasteiger partial charge in [0.1, 0.15) is 8.24 Å². The Balaban J connectivity index is 2.69. The standard InChI is InChI=1S/C18H42N2OSi2/c1-16(2)23(17(3)4,18(5)6)20-12-10-19(11-13-20)14-15-22(8,9)21-7/h16-18H,10-15H2,1-9H3. The van der Waals surface area contributed by atoms with Gasteiger partial charge in [0.15, 0.2) is 8.32 Å². The molecule has 0 spiro atoms. The van der Waals surface area contributed by atoms with Gasteiger partial charge < -0.3 is 13.9 Å². The Kier molecular flexibility index (Phi) is 7.99. The first-order valence-corrected chi connectivity index (χ1v) is 14.9. The largest absolute Gasteiger partial charge is 0.420 e. The third-order valence-corrected chi connectivity index (χ3v) is 15.9. The molecule has 0 N–H and O–H groups in total. The van der Waals surface area contributed by atoms with E-state index in [1.807, 2.05) is 7.11 Å². The monoisotopic (exact) mass is 358 g/mol. The third kappa shape index (κ3) is 4.91. The van der Waals surface area contributed by atoms with Crippen molar-refractivity contribution in [1.82, 2.24) is 9.47 Å². The Morgan fingerprint density at radius 3 is 1.61 bits per heavy atom. The lowest BCUT2D eigenvalue weighted by atomic mass is 10.4. The van der Waals surface area contributed by atoms with Crippen LogP contribution in [0.4, 0.5) is 0 Å². The molecule has 1 rings (SSSR count). The Morgan fingerprint density at radius 1 is 0.826 bits per heavy atom. The second kappa shape index (κ2) is 8.61. The molecule has 1 aliphatic heterocycles. The maximum atomic E-state index is 5.71. The molecule has 0 aliphatic carbocycles. The maximum Gasteiger partial charge on any atom is 0.187 e. The lowest BCUT2D eigenvalue weighted by Gasteiger charge is -2.53. The number of rotatable bonds is 8. The van der Waals surface area contributed by atoms with Crippen molar-refractivity contribution in [2.45, 2.75) is 77.3 Å². The van der Waals surface area contributed by atoms with Crippen LogP contribution in [0.2, 0.25) is 35.8 Å². The van der Waals surface area contributed by atoms with Crippen LogP contribution in [0.15, 0.2) is 0 Å². The predicted molar refractivity (Wildman–Crippen MR) is 108 cm³/mol. The maximum absolute atomic E-state index is 5.71. The molecule has 1 heterocycles. The number of nitrogens with zero attached hydrogens (tertiary/aromatic N) is 2. The highest BCUT2D eigenvalue weighted by Gasteiger charge is 2.48. The Bertz CT molecular complexity index is 329. The molecule has 0 aromatic carbocycles. The van der Waals surface area contributed by atoms with Crippen LogP contribution in [-0.4, -0.2) is 65.9 Å². The smallest absolute Gasteiger partial charge is 0.187 e. The van der Waals surface area contributed by atoms with Gasteiger partial charge in [-0.25, -0.2) is 0 Å². The molecular weight excluding hydrogens is 316 g/mol. The molecule has 0 radical (unpaired) electrons. The lowest BCUT2D eigenvalue weighted by molar-refractivity contribution is 0.182. The van der Waals surface area contributed by atoms with Gasteiger partial charge in [0.25, 0.3) is 0 Å². The van der Waals surface area contributed by atoms with Crippen LogP contribution < -0.4 is 0 Å². The van der Waals surface area contributed by atoms with E-state index in [1.165, 1.54) is 38.8 Å². The highest BCUT2D eigenvalue weighted by molar-refractivity contribution is 6.81. The zero-order valence-corrected chi connectivity index (χ0v) is 19.3. The Hall–Kier alpha value is 0.314. The topological polar surface area (TPSA) is 15.7 Å². The van der Waals surface area contributed by atoms with Crippen LogP contribution in [0.1, 0.15) is 41.5 Å². The second-order valence-corrected chi connectivity index (χ2v) is 19.2. The van der Waals surface area contributed by atoms with E-state index in [2.05, 4.69) is 64.1 Å². The first-order chi connectivity index (χ1) is 10.6. The second-order valence-electron chi connectivity index (χ2n) is 8.89. The van der Waals surface area contributed by atoms with Crippen molar-refractivity contribution in [1.29, 1.82) is 0 Å². The summed E-state index contributed by atoms with van der Waals surface area (Å²) in [5.41, 5.74) is 2.48. The summed E-state index contributed by atoms with van der Waals surface area (Å²) in [5, 5.41) is 0. The SMILES string of the molecule is CO[Si](C)(C)CCN1CCN([Si](C(C)C)(C(C)C)C(C)C)CC1. The summed E-state index contributed by atoms with van der Waals surface area (Å²) in [6, 6.07) is 1.25. The van der Waals surface area contributed by atoms with Crippen LogP contribution in [0, 0.1) is 0 Å². The summed E-state index contributed by atoms with van der Waals surface area (Å²) in [6.45, 7) is 25.8. The summed E-state index contributed by atoms with van der Waals surface area (Å²) < 4.78 is 8.65. The number of hydrogen-bond acceptors (Lipinski definition) is 3. The fourth-order valence-electron chi connectivity index (χ4n) is 4.98. The normalized spacial score (nSPS) is 19.3. The first-order valence-electron chi connectivity index (χ1n) is 9.60. The van der Waals surface area contributed by atoms with E-state index in [4.69, 9.17) is 4.43 Å². The lowest BCUT2D eigenvalue weighted by Crippen LogP contribution is -2.65. The molecule has 1 aliphatic rings. The molecule has 1 fully saturated rings. The van der Waals surface area contributed by atoms with Crippen LogP contribution in [0.3, 0.4) is 0 Å². The Labute approximate surface area is 148 Å². The predicted octanol–water partition coefficient (Wildman–Crippen LogP) is 4.63. The van der Waals surface area contributed by atoms with Gasteiger partial charge in [-0.2, -0.15) is 0 Å². The molecule has 0 aromatic rings. The summed E-state index contributed by atoms with van der Waals surface area (Å²) in [5.74, 6) is 0. The van der Waals surface area contributed by atoms with Crippen molar-refractivity contribution in [3.8, 4) is 0 Å². The molecular formula is C18H42N2OSi2. The van der Waals surface area contributed by atoms with Gasteiger partial charge in [-0.05, 0) is 42.3 Å². The van der Waals surface area contributed by atoms with Crippen molar-refractivity contribution in [2.75, 3.05) is 39.8 Å². The van der Waals surface area contributed by atoms with Gasteiger partial charge in [-0.1, -0.05) is 41.5 Å². The molecule has 0 saturated carbocycles. The molecule has 0 unspecified atom stereocenters. The Morgan fingerprint density at radius 2 is 1.26 bits per heavy atom. The van der Waals surface area contributed by atoms with Crippen molar-refractivity contribution < 1.29 is 4.43 Å². The van der Waals surface area contributed by atoms with E-state index in [-0.39, 0.29) is 0 Å². The summed E-state index contributed by atoms with van der Waals surface area (Å²) in [4.78, 5) is 2.67. The number of hydrogen-bond donors (Lipinski definition) is 0. The van der Waals surface area contributed by atoms with Crippen LogP contribution in [0.25, 0.3) is 0 Å². The van der Waals surface area contributed by atoms with Crippen LogP contribution >= 0.6 is 0 Å². The minimum Gasteiger partial charge on any atom is -0.420 e.